The lowest BCUT2D eigenvalue weighted by Crippen LogP contribution is -2.16. The molecule has 0 aliphatic heterocycles. The van der Waals surface area contributed by atoms with E-state index >= 15 is 0 Å². The molecule has 0 N–H and O–H groups in total. The van der Waals surface area contributed by atoms with Crippen molar-refractivity contribution < 1.29 is 4.42 Å². The fourth-order valence-corrected chi connectivity index (χ4v) is 5.64. The van der Waals surface area contributed by atoms with Crippen LogP contribution in [0.5, 0.6) is 0 Å². The van der Waals surface area contributed by atoms with Crippen molar-refractivity contribution in [3.05, 3.63) is 126 Å². The normalized spacial score (nSPS) is 13.1. The molecule has 0 fully saturated rings. The van der Waals surface area contributed by atoms with Gasteiger partial charge in [-0.15, -0.1) is 0 Å². The molecule has 6 rings (SSSR count). The molecule has 206 valence electrons. The van der Waals surface area contributed by atoms with Gasteiger partial charge in [0.2, 0.25) is 0 Å². The molecule has 0 aliphatic rings. The van der Waals surface area contributed by atoms with Crippen LogP contribution in [0.1, 0.15) is 76.6 Å². The Morgan fingerprint density at radius 2 is 1.32 bits per heavy atom. The lowest BCUT2D eigenvalue weighted by atomic mass is 9.79. The number of aromatic nitrogens is 1. The number of para-hydroxylation sites is 1. The van der Waals surface area contributed by atoms with Crippen LogP contribution < -0.4 is 0 Å². The van der Waals surface area contributed by atoms with Gasteiger partial charge in [-0.05, 0) is 74.5 Å². The SMILES string of the molecule is CC(c1ccccc1)c1ccnc(-c2cccc3c2oc2cc(-c4cc(C(C)(C)C)cc(C(C)(C)C)c4)ccc23)c1. The van der Waals surface area contributed by atoms with Gasteiger partial charge in [0.25, 0.3) is 0 Å². The number of rotatable bonds is 4. The number of pyridine rings is 1. The standard InChI is InChI=1S/C39H39NO/c1-25(26-12-9-8-10-13-26)27-18-19-40-35(22-27)34-15-11-14-33-32-17-16-28(23-36(32)41-37(33)34)29-20-30(38(2,3)4)24-31(21-29)39(5,6)7/h8-25H,1-7H3. The lowest BCUT2D eigenvalue weighted by Gasteiger charge is -2.26. The molecule has 2 heteroatoms. The molecule has 41 heavy (non-hydrogen) atoms. The van der Waals surface area contributed by atoms with Crippen molar-refractivity contribution in [3.63, 3.8) is 0 Å². The van der Waals surface area contributed by atoms with Gasteiger partial charge in [-0.25, -0.2) is 0 Å². The minimum absolute atomic E-state index is 0.0634. The van der Waals surface area contributed by atoms with E-state index in [1.165, 1.54) is 33.4 Å². The first-order valence-corrected chi connectivity index (χ1v) is 14.6. The van der Waals surface area contributed by atoms with Crippen LogP contribution in [0.3, 0.4) is 0 Å². The molecule has 0 spiro atoms. The van der Waals surface area contributed by atoms with E-state index in [1.807, 2.05) is 6.20 Å². The summed E-state index contributed by atoms with van der Waals surface area (Å²) in [4.78, 5) is 4.78. The molecule has 4 aromatic carbocycles. The Morgan fingerprint density at radius 1 is 0.610 bits per heavy atom. The zero-order valence-electron chi connectivity index (χ0n) is 25.2. The predicted octanol–water partition coefficient (Wildman–Crippen LogP) is 11.1. The molecule has 0 amide bonds. The summed E-state index contributed by atoms with van der Waals surface area (Å²) in [6.45, 7) is 16.0. The first-order valence-electron chi connectivity index (χ1n) is 14.6. The monoisotopic (exact) mass is 537 g/mol. The quantitative estimate of drug-likeness (QED) is 0.223. The topological polar surface area (TPSA) is 26.0 Å². The molecule has 0 aliphatic carbocycles. The molecule has 0 saturated carbocycles. The number of benzene rings is 4. The van der Waals surface area contributed by atoms with Gasteiger partial charge in [-0.3, -0.25) is 4.98 Å². The summed E-state index contributed by atoms with van der Waals surface area (Å²) in [5, 5.41) is 2.24. The van der Waals surface area contributed by atoms with E-state index in [4.69, 9.17) is 9.40 Å². The minimum atomic E-state index is 0.0634. The first kappa shape index (κ1) is 27.0. The van der Waals surface area contributed by atoms with Crippen molar-refractivity contribution in [1.29, 1.82) is 0 Å². The fourth-order valence-electron chi connectivity index (χ4n) is 5.64. The Labute approximate surface area is 244 Å². The van der Waals surface area contributed by atoms with Gasteiger partial charge in [0.05, 0.1) is 5.69 Å². The Morgan fingerprint density at radius 3 is 2.00 bits per heavy atom. The van der Waals surface area contributed by atoms with Crippen LogP contribution >= 0.6 is 0 Å². The zero-order chi connectivity index (χ0) is 28.9. The van der Waals surface area contributed by atoms with E-state index in [9.17, 15) is 0 Å². The second-order valence-electron chi connectivity index (χ2n) is 13.4. The van der Waals surface area contributed by atoms with Crippen molar-refractivity contribution in [2.24, 2.45) is 0 Å². The largest absolute Gasteiger partial charge is 0.455 e. The van der Waals surface area contributed by atoms with Crippen LogP contribution in [-0.4, -0.2) is 4.98 Å². The smallest absolute Gasteiger partial charge is 0.144 e. The maximum absolute atomic E-state index is 6.64. The van der Waals surface area contributed by atoms with Gasteiger partial charge in [-0.1, -0.05) is 115 Å². The minimum Gasteiger partial charge on any atom is -0.455 e. The Bertz CT molecular complexity index is 1830. The second kappa shape index (κ2) is 10.0. The van der Waals surface area contributed by atoms with Crippen LogP contribution in [-0.2, 0) is 10.8 Å². The van der Waals surface area contributed by atoms with Crippen LogP contribution in [0.25, 0.3) is 44.3 Å². The summed E-state index contributed by atoms with van der Waals surface area (Å²) in [6.07, 6.45) is 1.92. The van der Waals surface area contributed by atoms with Crippen molar-refractivity contribution >= 4 is 21.9 Å². The Hall–Kier alpha value is -4.17. The molecular formula is C39H39NO. The van der Waals surface area contributed by atoms with Gasteiger partial charge in [0.15, 0.2) is 0 Å². The number of hydrogen-bond acceptors (Lipinski definition) is 2. The third-order valence-electron chi connectivity index (χ3n) is 8.36. The second-order valence-corrected chi connectivity index (χ2v) is 13.4. The maximum Gasteiger partial charge on any atom is 0.144 e. The van der Waals surface area contributed by atoms with E-state index in [0.29, 0.717) is 0 Å². The van der Waals surface area contributed by atoms with E-state index in [0.717, 1.165) is 33.2 Å². The molecule has 2 nitrogen and oxygen atoms in total. The molecule has 0 saturated heterocycles. The third-order valence-corrected chi connectivity index (χ3v) is 8.36. The summed E-state index contributed by atoms with van der Waals surface area (Å²) in [7, 11) is 0. The molecule has 2 heterocycles. The fraction of sp³-hybridized carbons (Fsp3) is 0.256. The Kier molecular flexibility index (Phi) is 6.61. The summed E-state index contributed by atoms with van der Waals surface area (Å²) in [5.74, 6) is 0.275. The Balaban J connectivity index is 1.46. The first-order chi connectivity index (χ1) is 19.5. The van der Waals surface area contributed by atoms with E-state index in [2.05, 4.69) is 146 Å². The van der Waals surface area contributed by atoms with Gasteiger partial charge in [-0.2, -0.15) is 0 Å². The van der Waals surface area contributed by atoms with Crippen LogP contribution in [0, 0.1) is 0 Å². The molecule has 6 aromatic rings. The highest BCUT2D eigenvalue weighted by Crippen LogP contribution is 2.39. The highest BCUT2D eigenvalue weighted by molar-refractivity contribution is 6.10. The number of furan rings is 1. The van der Waals surface area contributed by atoms with Crippen molar-refractivity contribution in [2.45, 2.75) is 65.2 Å². The summed E-state index contributed by atoms with van der Waals surface area (Å²) in [5.41, 5.74) is 11.5. The molecular weight excluding hydrogens is 498 g/mol. The van der Waals surface area contributed by atoms with Gasteiger partial charge in [0, 0.05) is 28.5 Å². The predicted molar refractivity (Wildman–Crippen MR) is 174 cm³/mol. The van der Waals surface area contributed by atoms with Crippen LogP contribution in [0.2, 0.25) is 0 Å². The maximum atomic E-state index is 6.64. The zero-order valence-corrected chi connectivity index (χ0v) is 25.2. The van der Waals surface area contributed by atoms with Crippen molar-refractivity contribution in [1.82, 2.24) is 4.98 Å². The van der Waals surface area contributed by atoms with Crippen molar-refractivity contribution in [2.75, 3.05) is 0 Å². The number of fused-ring (bicyclic) bond motifs is 3. The van der Waals surface area contributed by atoms with Crippen LogP contribution in [0.15, 0.2) is 108 Å². The highest BCUT2D eigenvalue weighted by Gasteiger charge is 2.22. The molecule has 2 aromatic heterocycles. The van der Waals surface area contributed by atoms with E-state index in [-0.39, 0.29) is 16.7 Å². The van der Waals surface area contributed by atoms with Gasteiger partial charge < -0.3 is 4.42 Å². The van der Waals surface area contributed by atoms with Gasteiger partial charge in [0.1, 0.15) is 11.2 Å². The van der Waals surface area contributed by atoms with Gasteiger partial charge >= 0.3 is 0 Å². The van der Waals surface area contributed by atoms with Crippen molar-refractivity contribution in [3.8, 4) is 22.4 Å². The van der Waals surface area contributed by atoms with Crippen LogP contribution in [0.4, 0.5) is 0 Å². The lowest BCUT2D eigenvalue weighted by molar-refractivity contribution is 0.569. The van der Waals surface area contributed by atoms with E-state index in [1.54, 1.807) is 0 Å². The van der Waals surface area contributed by atoms with E-state index < -0.39 is 0 Å². The molecule has 1 atom stereocenters. The number of nitrogens with zero attached hydrogens (tertiary/aromatic N) is 1. The third kappa shape index (κ3) is 5.20. The summed E-state index contributed by atoms with van der Waals surface area (Å²) < 4.78 is 6.64. The molecule has 0 radical (unpaired) electrons. The summed E-state index contributed by atoms with van der Waals surface area (Å²) >= 11 is 0. The molecule has 0 bridgehead atoms. The highest BCUT2D eigenvalue weighted by atomic mass is 16.3. The molecule has 1 unspecified atom stereocenters. The average molecular weight is 538 g/mol. The average Bonchev–Trinajstić information content (AvgIpc) is 3.34. The number of hydrogen-bond donors (Lipinski definition) is 0. The summed E-state index contributed by atoms with van der Waals surface area (Å²) in [6, 6.07) is 35.0.